The maximum Gasteiger partial charge on any atom is 0.321 e. The quantitative estimate of drug-likeness (QED) is 0.515. The lowest BCUT2D eigenvalue weighted by Gasteiger charge is -2.21. The Morgan fingerprint density at radius 3 is 2.41 bits per heavy atom. The number of anilines is 1. The third-order valence-electron chi connectivity index (χ3n) is 3.89. The molecule has 2 aromatic rings. The number of hydrogen-bond acceptors (Lipinski definition) is 6. The number of carbonyl (C=O) groups excluding carboxylic acids is 1. The van der Waals surface area contributed by atoms with Crippen molar-refractivity contribution in [2.75, 3.05) is 5.32 Å². The lowest BCUT2D eigenvalue weighted by molar-refractivity contribution is -0.144. The Morgan fingerprint density at radius 1 is 1.15 bits per heavy atom. The SMILES string of the molecule is Cc1ccc2nc(NC(=O)CC(NC(CC(C)C)C(=O)O)C(=O)O)sc2c1. The van der Waals surface area contributed by atoms with E-state index in [-0.39, 0.29) is 12.3 Å². The number of carbonyl (C=O) groups is 3. The predicted molar refractivity (Wildman–Crippen MR) is 103 cm³/mol. The van der Waals surface area contributed by atoms with Crippen LogP contribution in [0, 0.1) is 12.8 Å². The number of amides is 1. The van der Waals surface area contributed by atoms with Gasteiger partial charge in [0.05, 0.1) is 16.6 Å². The van der Waals surface area contributed by atoms with E-state index in [1.807, 2.05) is 39.0 Å². The summed E-state index contributed by atoms with van der Waals surface area (Å²) in [7, 11) is 0. The number of carboxylic acids is 2. The van der Waals surface area contributed by atoms with Crippen molar-refractivity contribution in [3.63, 3.8) is 0 Å². The molecule has 0 radical (unpaired) electrons. The molecule has 2 atom stereocenters. The van der Waals surface area contributed by atoms with Gasteiger partial charge < -0.3 is 15.5 Å². The van der Waals surface area contributed by atoms with Crippen LogP contribution in [0.4, 0.5) is 5.13 Å². The van der Waals surface area contributed by atoms with Gasteiger partial charge in [-0.3, -0.25) is 19.7 Å². The van der Waals surface area contributed by atoms with Crippen molar-refractivity contribution < 1.29 is 24.6 Å². The van der Waals surface area contributed by atoms with Crippen molar-refractivity contribution in [3.05, 3.63) is 23.8 Å². The van der Waals surface area contributed by atoms with Crippen LogP contribution in [0.25, 0.3) is 10.2 Å². The number of hydrogen-bond donors (Lipinski definition) is 4. The monoisotopic (exact) mass is 393 g/mol. The Kier molecular flexibility index (Phi) is 6.86. The number of thiazole rings is 1. The highest BCUT2D eigenvalue weighted by atomic mass is 32.1. The average molecular weight is 393 g/mol. The van der Waals surface area contributed by atoms with E-state index in [0.717, 1.165) is 15.8 Å². The molecule has 0 aliphatic rings. The standard InChI is InChI=1S/C18H23N3O5S/c1-9(2)6-12(16(23)24)19-13(17(25)26)8-15(22)21-18-20-11-5-4-10(3)7-14(11)27-18/h4-5,7,9,12-13,19H,6,8H2,1-3H3,(H,23,24)(H,25,26)(H,20,21,22). The Labute approximate surface area is 160 Å². The van der Waals surface area contributed by atoms with Gasteiger partial charge in [-0.15, -0.1) is 0 Å². The first-order valence-electron chi connectivity index (χ1n) is 8.54. The molecule has 0 saturated carbocycles. The van der Waals surface area contributed by atoms with E-state index in [1.165, 1.54) is 11.3 Å². The Balaban J connectivity index is 2.04. The molecule has 8 nitrogen and oxygen atoms in total. The Hall–Kier alpha value is -2.52. The summed E-state index contributed by atoms with van der Waals surface area (Å²) >= 11 is 1.30. The van der Waals surface area contributed by atoms with Gasteiger partial charge in [0.2, 0.25) is 5.91 Å². The lowest BCUT2D eigenvalue weighted by atomic mass is 10.0. The largest absolute Gasteiger partial charge is 0.480 e. The minimum atomic E-state index is -1.30. The molecule has 146 valence electrons. The summed E-state index contributed by atoms with van der Waals surface area (Å²) in [6, 6.07) is 3.37. The van der Waals surface area contributed by atoms with E-state index >= 15 is 0 Å². The summed E-state index contributed by atoms with van der Waals surface area (Å²) in [6.07, 6.45) is -0.135. The van der Waals surface area contributed by atoms with Gasteiger partial charge in [0.25, 0.3) is 0 Å². The second-order valence-corrected chi connectivity index (χ2v) is 7.85. The number of nitrogens with one attached hydrogen (secondary N) is 2. The smallest absolute Gasteiger partial charge is 0.321 e. The molecular weight excluding hydrogens is 370 g/mol. The summed E-state index contributed by atoms with van der Waals surface area (Å²) in [6.45, 7) is 5.64. The van der Waals surface area contributed by atoms with Crippen LogP contribution in [0.5, 0.6) is 0 Å². The highest BCUT2D eigenvalue weighted by molar-refractivity contribution is 7.22. The van der Waals surface area contributed by atoms with Gasteiger partial charge >= 0.3 is 11.9 Å². The summed E-state index contributed by atoms with van der Waals surface area (Å²) in [5.41, 5.74) is 1.82. The summed E-state index contributed by atoms with van der Waals surface area (Å²) in [5.74, 6) is -2.90. The molecule has 1 aromatic carbocycles. The summed E-state index contributed by atoms with van der Waals surface area (Å²) < 4.78 is 0.918. The number of nitrogens with zero attached hydrogens (tertiary/aromatic N) is 1. The number of aryl methyl sites for hydroxylation is 1. The highest BCUT2D eigenvalue weighted by Crippen LogP contribution is 2.26. The first-order valence-corrected chi connectivity index (χ1v) is 9.36. The normalized spacial score (nSPS) is 13.5. The van der Waals surface area contributed by atoms with E-state index in [0.29, 0.717) is 5.13 Å². The fourth-order valence-corrected chi connectivity index (χ4v) is 3.59. The van der Waals surface area contributed by atoms with E-state index < -0.39 is 36.4 Å². The van der Waals surface area contributed by atoms with Gasteiger partial charge in [0, 0.05) is 0 Å². The van der Waals surface area contributed by atoms with Crippen LogP contribution in [0.3, 0.4) is 0 Å². The van der Waals surface area contributed by atoms with Gasteiger partial charge in [-0.1, -0.05) is 31.3 Å². The maximum absolute atomic E-state index is 12.2. The van der Waals surface area contributed by atoms with Crippen LogP contribution in [0.15, 0.2) is 18.2 Å². The van der Waals surface area contributed by atoms with E-state index in [4.69, 9.17) is 0 Å². The summed E-state index contributed by atoms with van der Waals surface area (Å²) in [4.78, 5) is 39.3. The van der Waals surface area contributed by atoms with Crippen LogP contribution in [0.2, 0.25) is 0 Å². The molecule has 2 unspecified atom stereocenters. The molecule has 1 heterocycles. The van der Waals surface area contributed by atoms with Gasteiger partial charge in [-0.25, -0.2) is 4.98 Å². The number of benzene rings is 1. The molecule has 1 aromatic heterocycles. The molecule has 0 bridgehead atoms. The van der Waals surface area contributed by atoms with Gasteiger partial charge in [0.15, 0.2) is 5.13 Å². The van der Waals surface area contributed by atoms with Crippen LogP contribution < -0.4 is 10.6 Å². The molecule has 4 N–H and O–H groups in total. The lowest BCUT2D eigenvalue weighted by Crippen LogP contribution is -2.49. The molecule has 0 spiro atoms. The van der Waals surface area contributed by atoms with E-state index in [9.17, 15) is 24.6 Å². The number of carboxylic acid groups (broad SMARTS) is 2. The van der Waals surface area contributed by atoms with Crippen molar-refractivity contribution in [3.8, 4) is 0 Å². The predicted octanol–water partition coefficient (Wildman–Crippen LogP) is 2.48. The molecule has 2 rings (SSSR count). The second-order valence-electron chi connectivity index (χ2n) is 6.82. The molecule has 0 saturated heterocycles. The first kappa shape index (κ1) is 20.8. The minimum absolute atomic E-state index is 0.0630. The molecule has 9 heteroatoms. The van der Waals surface area contributed by atoms with Gasteiger partial charge in [-0.05, 0) is 37.0 Å². The third-order valence-corrected chi connectivity index (χ3v) is 4.82. The van der Waals surface area contributed by atoms with Gasteiger partial charge in [-0.2, -0.15) is 0 Å². The number of rotatable bonds is 9. The number of fused-ring (bicyclic) bond motifs is 1. The highest BCUT2D eigenvalue weighted by Gasteiger charge is 2.28. The topological polar surface area (TPSA) is 129 Å². The van der Waals surface area contributed by atoms with Crippen molar-refractivity contribution in [1.29, 1.82) is 0 Å². The van der Waals surface area contributed by atoms with Crippen molar-refractivity contribution in [2.45, 2.75) is 45.7 Å². The fraction of sp³-hybridized carbons (Fsp3) is 0.444. The van der Waals surface area contributed by atoms with E-state index in [2.05, 4.69) is 15.6 Å². The van der Waals surface area contributed by atoms with Crippen molar-refractivity contribution >= 4 is 44.5 Å². The Bertz CT molecular complexity index is 849. The molecule has 0 fully saturated rings. The van der Waals surface area contributed by atoms with Crippen LogP contribution in [-0.4, -0.2) is 45.1 Å². The molecular formula is C18H23N3O5S. The van der Waals surface area contributed by atoms with E-state index in [1.54, 1.807) is 0 Å². The van der Waals surface area contributed by atoms with Gasteiger partial charge in [0.1, 0.15) is 12.1 Å². The number of aliphatic carboxylic acids is 2. The fourth-order valence-electron chi connectivity index (χ4n) is 2.61. The zero-order valence-electron chi connectivity index (χ0n) is 15.4. The summed E-state index contributed by atoms with van der Waals surface area (Å²) in [5, 5.41) is 24.1. The Morgan fingerprint density at radius 2 is 1.81 bits per heavy atom. The average Bonchev–Trinajstić information content (AvgIpc) is 2.93. The number of aromatic nitrogens is 1. The molecule has 27 heavy (non-hydrogen) atoms. The maximum atomic E-state index is 12.2. The first-order chi connectivity index (χ1) is 12.7. The third kappa shape index (κ3) is 6.00. The van der Waals surface area contributed by atoms with Crippen LogP contribution >= 0.6 is 11.3 Å². The minimum Gasteiger partial charge on any atom is -0.480 e. The van der Waals surface area contributed by atoms with Crippen LogP contribution in [0.1, 0.15) is 32.3 Å². The van der Waals surface area contributed by atoms with Crippen molar-refractivity contribution in [1.82, 2.24) is 10.3 Å². The zero-order valence-corrected chi connectivity index (χ0v) is 16.2. The zero-order chi connectivity index (χ0) is 20.1. The molecule has 0 aliphatic carbocycles. The van der Waals surface area contributed by atoms with Crippen molar-refractivity contribution in [2.24, 2.45) is 5.92 Å². The molecule has 0 aliphatic heterocycles. The second kappa shape index (κ2) is 8.92. The van der Waals surface area contributed by atoms with Crippen LogP contribution in [-0.2, 0) is 14.4 Å². The molecule has 1 amide bonds.